The number of pyridine rings is 1. The number of aliphatic hydroxyl groups is 1. The first-order chi connectivity index (χ1) is 10.9. The average Bonchev–Trinajstić information content (AvgIpc) is 2.99. The third kappa shape index (κ3) is 3.60. The second kappa shape index (κ2) is 5.89. The Morgan fingerprint density at radius 2 is 2.09 bits per heavy atom. The van der Waals surface area contributed by atoms with Crippen LogP contribution in [-0.2, 0) is 0 Å². The molecule has 6 heteroatoms. The second-order valence-electron chi connectivity index (χ2n) is 6.29. The number of nitrogens with two attached hydrogens (primary N) is 1. The van der Waals surface area contributed by atoms with Crippen LogP contribution in [0.25, 0.3) is 22.2 Å². The van der Waals surface area contributed by atoms with Crippen LogP contribution >= 0.6 is 0 Å². The summed E-state index contributed by atoms with van der Waals surface area (Å²) in [4.78, 5) is 4.42. The van der Waals surface area contributed by atoms with Crippen LogP contribution in [0, 0.1) is 0 Å². The van der Waals surface area contributed by atoms with Gasteiger partial charge >= 0.3 is 0 Å². The first-order valence-corrected chi connectivity index (χ1v) is 7.59. The van der Waals surface area contributed by atoms with Crippen LogP contribution in [0.1, 0.15) is 20.3 Å². The Morgan fingerprint density at radius 3 is 2.78 bits per heavy atom. The Balaban J connectivity index is 1.93. The lowest BCUT2D eigenvalue weighted by Gasteiger charge is -2.18. The zero-order valence-corrected chi connectivity index (χ0v) is 13.3. The van der Waals surface area contributed by atoms with Crippen molar-refractivity contribution in [3.05, 3.63) is 36.5 Å². The second-order valence-corrected chi connectivity index (χ2v) is 6.29. The van der Waals surface area contributed by atoms with E-state index in [4.69, 9.17) is 5.73 Å². The van der Waals surface area contributed by atoms with Crippen molar-refractivity contribution < 1.29 is 5.11 Å². The molecule has 0 bridgehead atoms. The highest BCUT2D eigenvalue weighted by atomic mass is 16.3. The van der Waals surface area contributed by atoms with Crippen molar-refractivity contribution >= 4 is 22.4 Å². The van der Waals surface area contributed by atoms with Gasteiger partial charge in [0, 0.05) is 35.4 Å². The number of anilines is 2. The predicted octanol–water partition coefficient (Wildman–Crippen LogP) is 2.78. The minimum atomic E-state index is -0.699. The predicted molar refractivity (Wildman–Crippen MR) is 93.1 cm³/mol. The SMILES string of the molecule is CC(C)(O)CCNc1cc(N)nc2cc(-c3ccn[nH]3)ccc12. The van der Waals surface area contributed by atoms with Gasteiger partial charge in [0.1, 0.15) is 5.82 Å². The Hall–Kier alpha value is -2.60. The van der Waals surface area contributed by atoms with Gasteiger partial charge in [-0.25, -0.2) is 4.98 Å². The van der Waals surface area contributed by atoms with Gasteiger partial charge < -0.3 is 16.2 Å². The van der Waals surface area contributed by atoms with Gasteiger partial charge in [0.25, 0.3) is 0 Å². The number of benzene rings is 1. The molecule has 0 aliphatic carbocycles. The summed E-state index contributed by atoms with van der Waals surface area (Å²) in [5, 5.41) is 21.1. The summed E-state index contributed by atoms with van der Waals surface area (Å²) in [7, 11) is 0. The molecule has 120 valence electrons. The number of H-pyrrole nitrogens is 1. The zero-order valence-electron chi connectivity index (χ0n) is 13.3. The highest BCUT2D eigenvalue weighted by molar-refractivity contribution is 5.95. The van der Waals surface area contributed by atoms with Gasteiger partial charge in [-0.15, -0.1) is 0 Å². The number of hydrogen-bond donors (Lipinski definition) is 4. The molecule has 0 atom stereocenters. The Kier molecular flexibility index (Phi) is 3.92. The third-order valence-corrected chi connectivity index (χ3v) is 3.69. The monoisotopic (exact) mass is 311 g/mol. The number of rotatable bonds is 5. The number of nitrogen functional groups attached to an aromatic ring is 1. The maximum atomic E-state index is 9.82. The van der Waals surface area contributed by atoms with Crippen LogP contribution in [0.5, 0.6) is 0 Å². The van der Waals surface area contributed by atoms with E-state index in [0.29, 0.717) is 18.8 Å². The molecular weight excluding hydrogens is 290 g/mol. The van der Waals surface area contributed by atoms with E-state index in [1.807, 2.05) is 30.3 Å². The van der Waals surface area contributed by atoms with Gasteiger partial charge in [-0.1, -0.05) is 12.1 Å². The van der Waals surface area contributed by atoms with Crippen LogP contribution < -0.4 is 11.1 Å². The van der Waals surface area contributed by atoms with E-state index in [0.717, 1.165) is 27.8 Å². The van der Waals surface area contributed by atoms with Crippen molar-refractivity contribution in [2.24, 2.45) is 0 Å². The normalized spacial score (nSPS) is 11.8. The van der Waals surface area contributed by atoms with E-state index in [9.17, 15) is 5.11 Å². The average molecular weight is 311 g/mol. The van der Waals surface area contributed by atoms with Crippen molar-refractivity contribution in [3.63, 3.8) is 0 Å². The molecule has 0 radical (unpaired) electrons. The molecule has 2 heterocycles. The van der Waals surface area contributed by atoms with Gasteiger partial charge in [-0.3, -0.25) is 5.10 Å². The van der Waals surface area contributed by atoms with Crippen molar-refractivity contribution in [3.8, 4) is 11.3 Å². The molecule has 0 saturated carbocycles. The molecule has 0 fully saturated rings. The molecule has 0 saturated heterocycles. The summed E-state index contributed by atoms with van der Waals surface area (Å²) >= 11 is 0. The molecule has 3 aromatic rings. The largest absolute Gasteiger partial charge is 0.390 e. The number of aromatic amines is 1. The molecule has 1 aromatic carbocycles. The topological polar surface area (TPSA) is 99.8 Å². The molecule has 6 nitrogen and oxygen atoms in total. The lowest BCUT2D eigenvalue weighted by molar-refractivity contribution is 0.0749. The van der Waals surface area contributed by atoms with Crippen LogP contribution in [0.2, 0.25) is 0 Å². The van der Waals surface area contributed by atoms with E-state index in [2.05, 4.69) is 20.5 Å². The van der Waals surface area contributed by atoms with Crippen molar-refractivity contribution in [1.29, 1.82) is 0 Å². The Labute approximate surface area is 134 Å². The Bertz CT molecular complexity index is 806. The van der Waals surface area contributed by atoms with Gasteiger partial charge in [0.05, 0.1) is 16.8 Å². The minimum absolute atomic E-state index is 0.463. The minimum Gasteiger partial charge on any atom is -0.390 e. The summed E-state index contributed by atoms with van der Waals surface area (Å²) in [6, 6.07) is 9.76. The van der Waals surface area contributed by atoms with Crippen LogP contribution in [-0.4, -0.2) is 32.4 Å². The van der Waals surface area contributed by atoms with Crippen LogP contribution in [0.4, 0.5) is 11.5 Å². The Morgan fingerprint density at radius 1 is 1.26 bits per heavy atom. The summed E-state index contributed by atoms with van der Waals surface area (Å²) in [6.45, 7) is 4.25. The van der Waals surface area contributed by atoms with Crippen LogP contribution in [0.3, 0.4) is 0 Å². The summed E-state index contributed by atoms with van der Waals surface area (Å²) < 4.78 is 0. The number of hydrogen-bond acceptors (Lipinski definition) is 5. The van der Waals surface area contributed by atoms with Gasteiger partial charge in [0.15, 0.2) is 0 Å². The highest BCUT2D eigenvalue weighted by Gasteiger charge is 2.12. The molecule has 23 heavy (non-hydrogen) atoms. The van der Waals surface area contributed by atoms with E-state index in [1.54, 1.807) is 20.0 Å². The first kappa shape index (κ1) is 15.3. The van der Waals surface area contributed by atoms with E-state index in [-0.39, 0.29) is 0 Å². The molecule has 0 aliphatic rings. The molecule has 0 aliphatic heterocycles. The zero-order chi connectivity index (χ0) is 16.4. The summed E-state index contributed by atoms with van der Waals surface area (Å²) in [6.07, 6.45) is 2.36. The molecular formula is C17H21N5O. The van der Waals surface area contributed by atoms with E-state index < -0.39 is 5.60 Å². The first-order valence-electron chi connectivity index (χ1n) is 7.59. The molecule has 0 spiro atoms. The van der Waals surface area contributed by atoms with Crippen LogP contribution in [0.15, 0.2) is 36.5 Å². The van der Waals surface area contributed by atoms with Gasteiger partial charge in [-0.2, -0.15) is 5.10 Å². The van der Waals surface area contributed by atoms with Gasteiger partial charge in [0.2, 0.25) is 0 Å². The number of nitrogens with one attached hydrogen (secondary N) is 2. The maximum absolute atomic E-state index is 9.82. The lowest BCUT2D eigenvalue weighted by atomic mass is 10.1. The van der Waals surface area contributed by atoms with Gasteiger partial charge in [-0.05, 0) is 32.4 Å². The molecule has 3 rings (SSSR count). The lowest BCUT2D eigenvalue weighted by Crippen LogP contribution is -2.22. The fourth-order valence-corrected chi connectivity index (χ4v) is 2.48. The fraction of sp³-hybridized carbons (Fsp3) is 0.294. The smallest absolute Gasteiger partial charge is 0.126 e. The fourth-order valence-electron chi connectivity index (χ4n) is 2.48. The number of nitrogens with zero attached hydrogens (tertiary/aromatic N) is 2. The van der Waals surface area contributed by atoms with Crippen molar-refractivity contribution in [2.75, 3.05) is 17.6 Å². The molecule has 0 unspecified atom stereocenters. The van der Waals surface area contributed by atoms with E-state index >= 15 is 0 Å². The number of aromatic nitrogens is 3. The summed E-state index contributed by atoms with van der Waals surface area (Å²) in [5.74, 6) is 0.463. The van der Waals surface area contributed by atoms with Crippen molar-refractivity contribution in [2.45, 2.75) is 25.9 Å². The third-order valence-electron chi connectivity index (χ3n) is 3.69. The van der Waals surface area contributed by atoms with Crippen molar-refractivity contribution in [1.82, 2.24) is 15.2 Å². The molecule has 0 amide bonds. The standard InChI is InChI=1S/C17H21N5O/c1-17(2,23)6-8-19-14-10-16(18)21-15-9-11(3-4-12(14)15)13-5-7-20-22-13/h3-5,7,9-10,23H,6,8H2,1-2H3,(H,20,22)(H3,18,19,21). The maximum Gasteiger partial charge on any atom is 0.126 e. The van der Waals surface area contributed by atoms with E-state index in [1.165, 1.54) is 0 Å². The summed E-state index contributed by atoms with van der Waals surface area (Å²) in [5.41, 5.74) is 8.92. The highest BCUT2D eigenvalue weighted by Crippen LogP contribution is 2.28. The number of fused-ring (bicyclic) bond motifs is 1. The quantitative estimate of drug-likeness (QED) is 0.580. The molecule has 2 aromatic heterocycles. The molecule has 5 N–H and O–H groups in total.